The lowest BCUT2D eigenvalue weighted by molar-refractivity contribution is -0.129. The number of thioether (sulfide) groups is 1. The van der Waals surface area contributed by atoms with Crippen molar-refractivity contribution in [3.63, 3.8) is 0 Å². The zero-order valence-electron chi connectivity index (χ0n) is 11.0. The highest BCUT2D eigenvalue weighted by Gasteiger charge is 2.29. The minimum atomic E-state index is -2.88. The van der Waals surface area contributed by atoms with E-state index < -0.39 is 15.4 Å². The van der Waals surface area contributed by atoms with Gasteiger partial charge >= 0.3 is 0 Å². The molecule has 1 atom stereocenters. The molecule has 1 rings (SSSR count). The van der Waals surface area contributed by atoms with Crippen LogP contribution in [0.2, 0.25) is 0 Å². The van der Waals surface area contributed by atoms with E-state index in [1.807, 2.05) is 0 Å². The third-order valence-corrected chi connectivity index (χ3v) is 5.95. The Bertz CT molecular complexity index is 400. The molecule has 0 aliphatic carbocycles. The number of amides is 1. The first-order valence-electron chi connectivity index (χ1n) is 5.87. The maximum absolute atomic E-state index is 11.8. The molecule has 0 aromatic heterocycles. The van der Waals surface area contributed by atoms with Gasteiger partial charge in [-0.2, -0.15) is 0 Å². The van der Waals surface area contributed by atoms with Crippen LogP contribution in [0, 0.1) is 0 Å². The quantitative estimate of drug-likeness (QED) is 0.781. The average molecular weight is 295 g/mol. The molecular weight excluding hydrogens is 274 g/mol. The van der Waals surface area contributed by atoms with Gasteiger partial charge in [-0.1, -0.05) is 0 Å². The molecule has 1 fully saturated rings. The number of nitrogens with zero attached hydrogens (tertiary/aromatic N) is 1. The SMILES string of the molecule is CN(CC(C)(C)O)C(=O)CSC1CCS(=O)(=O)C1. The number of carbonyl (C=O) groups excluding carboxylic acids is 1. The third kappa shape index (κ3) is 5.58. The minimum Gasteiger partial charge on any atom is -0.389 e. The fraction of sp³-hybridized carbons (Fsp3) is 0.909. The number of carbonyl (C=O) groups is 1. The van der Waals surface area contributed by atoms with E-state index in [1.54, 1.807) is 20.9 Å². The normalized spacial score (nSPS) is 23.0. The predicted octanol–water partition coefficient (Wildman–Crippen LogP) is 0.136. The molecule has 1 amide bonds. The van der Waals surface area contributed by atoms with Crippen LogP contribution in [0.1, 0.15) is 20.3 Å². The lowest BCUT2D eigenvalue weighted by Gasteiger charge is -2.25. The van der Waals surface area contributed by atoms with Gasteiger partial charge in [0.1, 0.15) is 0 Å². The van der Waals surface area contributed by atoms with E-state index in [2.05, 4.69) is 0 Å². The van der Waals surface area contributed by atoms with Gasteiger partial charge in [0.25, 0.3) is 0 Å². The summed E-state index contributed by atoms with van der Waals surface area (Å²) in [4.78, 5) is 13.3. The Morgan fingerprint density at radius 3 is 2.56 bits per heavy atom. The molecule has 1 heterocycles. The molecular formula is C11H21NO4S2. The lowest BCUT2D eigenvalue weighted by Crippen LogP contribution is -2.40. The third-order valence-electron chi connectivity index (χ3n) is 2.68. The Hall–Kier alpha value is -0.270. The summed E-state index contributed by atoms with van der Waals surface area (Å²) >= 11 is 1.40. The Labute approximate surface area is 113 Å². The van der Waals surface area contributed by atoms with E-state index in [0.717, 1.165) is 0 Å². The molecule has 1 aliphatic heterocycles. The van der Waals surface area contributed by atoms with E-state index in [0.29, 0.717) is 6.42 Å². The fourth-order valence-corrected chi connectivity index (χ4v) is 5.44. The highest BCUT2D eigenvalue weighted by Crippen LogP contribution is 2.24. The van der Waals surface area contributed by atoms with Crippen molar-refractivity contribution in [3.8, 4) is 0 Å². The second kappa shape index (κ2) is 5.79. The van der Waals surface area contributed by atoms with Gasteiger partial charge in [0, 0.05) is 18.8 Å². The summed E-state index contributed by atoms with van der Waals surface area (Å²) in [6.07, 6.45) is 0.634. The molecule has 7 heteroatoms. The van der Waals surface area contributed by atoms with Gasteiger partial charge in [-0.25, -0.2) is 8.42 Å². The Kier molecular flexibility index (Phi) is 5.08. The molecule has 0 bridgehead atoms. The zero-order chi connectivity index (χ0) is 14.0. The first-order chi connectivity index (χ1) is 8.09. The van der Waals surface area contributed by atoms with Crippen LogP contribution in [-0.4, -0.2) is 66.0 Å². The number of sulfone groups is 1. The Morgan fingerprint density at radius 1 is 1.50 bits per heavy atom. The van der Waals surface area contributed by atoms with Crippen LogP contribution in [-0.2, 0) is 14.6 Å². The van der Waals surface area contributed by atoms with Crippen LogP contribution in [0.4, 0.5) is 0 Å². The van der Waals surface area contributed by atoms with Crippen molar-refractivity contribution >= 4 is 27.5 Å². The highest BCUT2D eigenvalue weighted by atomic mass is 32.2. The molecule has 5 nitrogen and oxygen atoms in total. The van der Waals surface area contributed by atoms with E-state index in [1.165, 1.54) is 16.7 Å². The summed E-state index contributed by atoms with van der Waals surface area (Å²) in [6, 6.07) is 0. The van der Waals surface area contributed by atoms with Gasteiger partial charge in [-0.05, 0) is 20.3 Å². The zero-order valence-corrected chi connectivity index (χ0v) is 12.7. The summed E-state index contributed by atoms with van der Waals surface area (Å²) < 4.78 is 22.5. The average Bonchev–Trinajstić information content (AvgIpc) is 2.52. The Morgan fingerprint density at radius 2 is 2.11 bits per heavy atom. The molecule has 0 radical (unpaired) electrons. The molecule has 18 heavy (non-hydrogen) atoms. The summed E-state index contributed by atoms with van der Waals surface area (Å²) in [5, 5.41) is 9.64. The van der Waals surface area contributed by atoms with Crippen molar-refractivity contribution in [1.82, 2.24) is 4.90 Å². The van der Waals surface area contributed by atoms with Crippen molar-refractivity contribution in [2.75, 3.05) is 30.9 Å². The fourth-order valence-electron chi connectivity index (χ4n) is 1.86. The molecule has 1 N–H and O–H groups in total. The van der Waals surface area contributed by atoms with Crippen LogP contribution in [0.15, 0.2) is 0 Å². The van der Waals surface area contributed by atoms with Crippen LogP contribution in [0.3, 0.4) is 0 Å². The van der Waals surface area contributed by atoms with Gasteiger partial charge in [-0.15, -0.1) is 11.8 Å². The summed E-state index contributed by atoms with van der Waals surface area (Å²) in [6.45, 7) is 3.57. The molecule has 0 spiro atoms. The number of hydrogen-bond donors (Lipinski definition) is 1. The number of likely N-dealkylation sites (N-methyl/N-ethyl adjacent to an activating group) is 1. The molecule has 1 unspecified atom stereocenters. The first kappa shape index (κ1) is 15.8. The van der Waals surface area contributed by atoms with Gasteiger partial charge in [0.15, 0.2) is 9.84 Å². The summed E-state index contributed by atoms with van der Waals surface area (Å²) in [5.74, 6) is 0.608. The van der Waals surface area contributed by atoms with Crippen LogP contribution in [0.5, 0.6) is 0 Å². The Balaban J connectivity index is 2.34. The standard InChI is InChI=1S/C11H21NO4S2/c1-11(2,14)8-12(3)10(13)6-17-9-4-5-18(15,16)7-9/h9,14H,4-8H2,1-3H3. The van der Waals surface area contributed by atoms with Crippen molar-refractivity contribution in [1.29, 1.82) is 0 Å². The van der Waals surface area contributed by atoms with E-state index >= 15 is 0 Å². The first-order valence-corrected chi connectivity index (χ1v) is 8.74. The maximum Gasteiger partial charge on any atom is 0.232 e. The second-order valence-corrected chi connectivity index (χ2v) is 8.92. The molecule has 0 aromatic carbocycles. The van der Waals surface area contributed by atoms with Crippen molar-refractivity contribution in [2.45, 2.75) is 31.1 Å². The maximum atomic E-state index is 11.8. The van der Waals surface area contributed by atoms with E-state index in [4.69, 9.17) is 0 Å². The lowest BCUT2D eigenvalue weighted by atomic mass is 10.1. The van der Waals surface area contributed by atoms with Gasteiger partial charge < -0.3 is 10.0 Å². The van der Waals surface area contributed by atoms with Crippen LogP contribution < -0.4 is 0 Å². The highest BCUT2D eigenvalue weighted by molar-refractivity contribution is 8.02. The van der Waals surface area contributed by atoms with Gasteiger partial charge in [-0.3, -0.25) is 4.79 Å². The van der Waals surface area contributed by atoms with Crippen LogP contribution in [0.25, 0.3) is 0 Å². The molecule has 106 valence electrons. The summed E-state index contributed by atoms with van der Waals surface area (Å²) in [5.41, 5.74) is -0.911. The topological polar surface area (TPSA) is 74.7 Å². The number of rotatable bonds is 5. The van der Waals surface area contributed by atoms with Gasteiger partial charge in [0.05, 0.1) is 22.9 Å². The van der Waals surface area contributed by atoms with Crippen molar-refractivity contribution < 1.29 is 18.3 Å². The largest absolute Gasteiger partial charge is 0.389 e. The molecule has 0 saturated carbocycles. The smallest absolute Gasteiger partial charge is 0.232 e. The van der Waals surface area contributed by atoms with E-state index in [9.17, 15) is 18.3 Å². The van der Waals surface area contributed by atoms with Crippen molar-refractivity contribution in [3.05, 3.63) is 0 Å². The second-order valence-electron chi connectivity index (χ2n) is 5.40. The monoisotopic (exact) mass is 295 g/mol. The number of hydrogen-bond acceptors (Lipinski definition) is 5. The van der Waals surface area contributed by atoms with E-state index in [-0.39, 0.29) is 35.0 Å². The predicted molar refractivity (Wildman–Crippen MR) is 73.5 cm³/mol. The van der Waals surface area contributed by atoms with Gasteiger partial charge in [0.2, 0.25) is 5.91 Å². The molecule has 1 aliphatic rings. The molecule has 1 saturated heterocycles. The van der Waals surface area contributed by atoms with Crippen molar-refractivity contribution in [2.24, 2.45) is 0 Å². The number of aliphatic hydroxyl groups is 1. The minimum absolute atomic E-state index is 0.0366. The summed E-state index contributed by atoms with van der Waals surface area (Å²) in [7, 11) is -1.23. The van der Waals surface area contributed by atoms with Crippen LogP contribution >= 0.6 is 11.8 Å². The molecule has 0 aromatic rings.